The second-order valence-corrected chi connectivity index (χ2v) is 9.50. The molecule has 0 unspecified atom stereocenters. The number of hydrogen-bond acceptors (Lipinski definition) is 3. The van der Waals surface area contributed by atoms with Crippen LogP contribution < -0.4 is 0 Å². The van der Waals surface area contributed by atoms with E-state index in [-0.39, 0.29) is 59.1 Å². The molecule has 0 amide bonds. The van der Waals surface area contributed by atoms with Crippen LogP contribution in [-0.4, -0.2) is 88.9 Å². The van der Waals surface area contributed by atoms with Gasteiger partial charge in [0.05, 0.1) is 0 Å². The van der Waals surface area contributed by atoms with Gasteiger partial charge in [0, 0.05) is 6.42 Å². The first kappa shape index (κ1) is 25.5. The summed E-state index contributed by atoms with van der Waals surface area (Å²) in [5.41, 5.74) is -0.592. The van der Waals surface area contributed by atoms with E-state index in [1.165, 1.54) is 0 Å². The summed E-state index contributed by atoms with van der Waals surface area (Å²) in [6.45, 7) is 1.90. The summed E-state index contributed by atoms with van der Waals surface area (Å²) in [5, 5.41) is 6.75. The Labute approximate surface area is 169 Å². The van der Waals surface area contributed by atoms with E-state index in [0.29, 0.717) is 19.3 Å². The van der Waals surface area contributed by atoms with Gasteiger partial charge >= 0.3 is 74.3 Å². The van der Waals surface area contributed by atoms with Crippen LogP contribution in [0.3, 0.4) is 0 Å². The van der Waals surface area contributed by atoms with E-state index in [9.17, 15) is 33.8 Å². The van der Waals surface area contributed by atoms with Crippen LogP contribution in [0.2, 0.25) is 0 Å². The van der Waals surface area contributed by atoms with Crippen LogP contribution in [0.5, 0.6) is 0 Å². The van der Waals surface area contributed by atoms with Gasteiger partial charge in [0.2, 0.25) is 0 Å². The average molecular weight is 364 g/mol. The van der Waals surface area contributed by atoms with Gasteiger partial charge in [-0.05, 0) is 24.7 Å². The summed E-state index contributed by atoms with van der Waals surface area (Å²) in [7, 11) is -10.7. The summed E-state index contributed by atoms with van der Waals surface area (Å²) in [5.74, 6) is 0. The average Bonchev–Trinajstić information content (AvgIpc) is 2.63. The van der Waals surface area contributed by atoms with Crippen LogP contribution in [0.15, 0.2) is 0 Å². The van der Waals surface area contributed by atoms with Gasteiger partial charge in [-0.3, -0.25) is 9.13 Å². The first-order chi connectivity index (χ1) is 8.47. The molecule has 0 spiro atoms. The zero-order valence-corrected chi connectivity index (χ0v) is 12.7. The van der Waals surface area contributed by atoms with Gasteiger partial charge in [0.25, 0.3) is 5.08 Å². The fourth-order valence-electron chi connectivity index (χ4n) is 3.05. The molecule has 0 saturated heterocycles. The summed E-state index contributed by atoms with van der Waals surface area (Å²) >= 11 is 0. The van der Waals surface area contributed by atoms with Crippen molar-refractivity contribution in [1.82, 2.24) is 0 Å². The zero-order chi connectivity index (χ0) is 14.9. The predicted octanol–water partition coefficient (Wildman–Crippen LogP) is 0.441. The molecule has 5 N–H and O–H groups in total. The zero-order valence-electron chi connectivity index (χ0n) is 10.9. The monoisotopic (exact) mass is 364 g/mol. The molecule has 1 rings (SSSR count). The molecule has 11 heteroatoms. The first-order valence-electron chi connectivity index (χ1n) is 6.31. The van der Waals surface area contributed by atoms with Crippen LogP contribution in [-0.2, 0) is 9.13 Å². The maximum absolute atomic E-state index is 11.4. The van der Waals surface area contributed by atoms with Crippen molar-refractivity contribution in [3.63, 3.8) is 0 Å². The molecular formula is C10H24Na2O7P2. The minimum absolute atomic E-state index is 0. The van der Waals surface area contributed by atoms with Crippen LogP contribution >= 0.6 is 15.2 Å². The number of hydrogen-bond donors (Lipinski definition) is 5. The molecule has 0 aromatic carbocycles. The van der Waals surface area contributed by atoms with Gasteiger partial charge in [-0.2, -0.15) is 0 Å². The van der Waals surface area contributed by atoms with Crippen molar-refractivity contribution in [2.45, 2.75) is 57.0 Å². The van der Waals surface area contributed by atoms with Crippen LogP contribution in [0.25, 0.3) is 0 Å². The molecular weight excluding hydrogens is 340 g/mol. The molecule has 1 aliphatic carbocycles. The van der Waals surface area contributed by atoms with Crippen molar-refractivity contribution in [2.24, 2.45) is 5.41 Å². The fourth-order valence-corrected chi connectivity index (χ4v) is 5.49. The molecule has 0 atom stereocenters. The van der Waals surface area contributed by atoms with Gasteiger partial charge < -0.3 is 24.7 Å². The Morgan fingerprint density at radius 1 is 1.00 bits per heavy atom. The molecule has 21 heavy (non-hydrogen) atoms. The Kier molecular flexibility index (Phi) is 11.0. The summed E-state index contributed by atoms with van der Waals surface area (Å²) in [6, 6.07) is 0. The second kappa shape index (κ2) is 9.10. The molecule has 0 aliphatic heterocycles. The van der Waals surface area contributed by atoms with Crippen molar-refractivity contribution >= 4 is 74.3 Å². The predicted molar refractivity (Wildman–Crippen MR) is 83.8 cm³/mol. The summed E-state index contributed by atoms with van der Waals surface area (Å²) < 4.78 is 22.8. The van der Waals surface area contributed by atoms with Gasteiger partial charge in [-0.25, -0.2) is 0 Å². The molecule has 0 heterocycles. The normalized spacial score (nSPS) is 18.8. The Balaban J connectivity index is 0. The molecule has 7 nitrogen and oxygen atoms in total. The van der Waals surface area contributed by atoms with E-state index in [0.717, 1.165) is 19.3 Å². The Bertz CT molecular complexity index is 392. The minimum atomic E-state index is -5.34. The van der Waals surface area contributed by atoms with Gasteiger partial charge in [-0.15, -0.1) is 0 Å². The molecule has 1 aliphatic rings. The Morgan fingerprint density at radius 2 is 1.38 bits per heavy atom. The van der Waals surface area contributed by atoms with E-state index in [1.807, 2.05) is 6.92 Å². The van der Waals surface area contributed by atoms with Crippen molar-refractivity contribution in [3.8, 4) is 0 Å². The maximum atomic E-state index is 11.4. The van der Waals surface area contributed by atoms with Gasteiger partial charge in [0.1, 0.15) is 0 Å². The molecule has 0 bridgehead atoms. The van der Waals surface area contributed by atoms with Gasteiger partial charge in [-0.1, -0.05) is 26.2 Å². The van der Waals surface area contributed by atoms with E-state index in [1.54, 1.807) is 0 Å². The van der Waals surface area contributed by atoms with Crippen LogP contribution in [0, 0.1) is 5.41 Å². The molecule has 1 saturated carbocycles. The van der Waals surface area contributed by atoms with Crippen LogP contribution in [0.4, 0.5) is 0 Å². The Morgan fingerprint density at radius 3 is 1.67 bits per heavy atom. The standard InChI is InChI=1S/C10H22O7P2.2Na.2H/c1-2-5-9(6-3-4-7-9)8-10(11,18(12,13)14)19(15,16)17;;;;/h11H,2-8H2,1H3,(H2,12,13,14)(H2,15,16,17);;;;. The van der Waals surface area contributed by atoms with Crippen molar-refractivity contribution in [3.05, 3.63) is 0 Å². The topological polar surface area (TPSA) is 135 Å². The molecule has 0 aromatic rings. The van der Waals surface area contributed by atoms with Crippen molar-refractivity contribution < 1.29 is 33.8 Å². The van der Waals surface area contributed by atoms with E-state index in [2.05, 4.69) is 0 Å². The third-order valence-electron chi connectivity index (χ3n) is 3.99. The van der Waals surface area contributed by atoms with Crippen molar-refractivity contribution in [2.75, 3.05) is 0 Å². The quantitative estimate of drug-likeness (QED) is 0.341. The molecule has 118 valence electrons. The van der Waals surface area contributed by atoms with Crippen molar-refractivity contribution in [1.29, 1.82) is 0 Å². The Hall–Kier alpha value is 2.26. The number of rotatable bonds is 6. The summed E-state index contributed by atoms with van der Waals surface area (Å²) in [6.07, 6.45) is 3.72. The molecule has 0 aromatic heterocycles. The SMILES string of the molecule is CCCC1(CC(O)(P(=O)(O)O)P(=O)(O)O)CCCC1.[NaH].[NaH]. The molecule has 1 fully saturated rings. The van der Waals surface area contributed by atoms with Gasteiger partial charge in [0.15, 0.2) is 0 Å². The second-order valence-electron chi connectivity index (χ2n) is 5.50. The molecule has 0 radical (unpaired) electrons. The number of aliphatic hydroxyl groups is 1. The summed E-state index contributed by atoms with van der Waals surface area (Å²) in [4.78, 5) is 36.7. The first-order valence-corrected chi connectivity index (χ1v) is 9.54. The van der Waals surface area contributed by atoms with E-state index in [4.69, 9.17) is 0 Å². The fraction of sp³-hybridized carbons (Fsp3) is 1.00. The third-order valence-corrected chi connectivity index (χ3v) is 7.74. The van der Waals surface area contributed by atoms with Crippen LogP contribution in [0.1, 0.15) is 51.9 Å². The van der Waals surface area contributed by atoms with E-state index >= 15 is 0 Å². The third kappa shape index (κ3) is 5.93. The van der Waals surface area contributed by atoms with E-state index < -0.39 is 32.1 Å².